The Hall–Kier alpha value is -3.68. The first-order valence-corrected chi connectivity index (χ1v) is 8.68. The molecule has 4 amide bonds. The van der Waals surface area contributed by atoms with Crippen LogP contribution in [0.15, 0.2) is 54.6 Å². The summed E-state index contributed by atoms with van der Waals surface area (Å²) >= 11 is 0. The molecule has 0 unspecified atom stereocenters. The molecular formula is C20H19N3O5. The second-order valence-electron chi connectivity index (χ2n) is 6.20. The zero-order chi connectivity index (χ0) is 20.1. The maximum absolute atomic E-state index is 12.6. The summed E-state index contributed by atoms with van der Waals surface area (Å²) in [4.78, 5) is 49.3. The van der Waals surface area contributed by atoms with E-state index in [0.717, 1.165) is 4.90 Å². The molecule has 0 saturated carbocycles. The molecule has 28 heavy (non-hydrogen) atoms. The van der Waals surface area contributed by atoms with Crippen LogP contribution in [-0.4, -0.2) is 41.4 Å². The van der Waals surface area contributed by atoms with Crippen LogP contribution >= 0.6 is 0 Å². The van der Waals surface area contributed by atoms with Crippen molar-refractivity contribution < 1.29 is 23.9 Å². The maximum atomic E-state index is 12.6. The molecular weight excluding hydrogens is 362 g/mol. The van der Waals surface area contributed by atoms with Gasteiger partial charge in [-0.1, -0.05) is 36.4 Å². The Kier molecular flexibility index (Phi) is 5.69. The molecule has 1 fully saturated rings. The van der Waals surface area contributed by atoms with E-state index in [-0.39, 0.29) is 24.6 Å². The van der Waals surface area contributed by atoms with E-state index >= 15 is 0 Å². The summed E-state index contributed by atoms with van der Waals surface area (Å²) in [5.41, 5.74) is 1.23. The lowest BCUT2D eigenvalue weighted by Crippen LogP contribution is -2.32. The average Bonchev–Trinajstić information content (AvgIpc) is 3.01. The van der Waals surface area contributed by atoms with E-state index in [1.165, 1.54) is 13.0 Å². The third-order valence-corrected chi connectivity index (χ3v) is 4.20. The van der Waals surface area contributed by atoms with Crippen LogP contribution in [0.25, 0.3) is 0 Å². The minimum absolute atomic E-state index is 0.0550. The van der Waals surface area contributed by atoms with Gasteiger partial charge in [0.1, 0.15) is 0 Å². The van der Waals surface area contributed by atoms with Gasteiger partial charge in [-0.05, 0) is 30.7 Å². The fraction of sp³-hybridized carbons (Fsp3) is 0.200. The van der Waals surface area contributed by atoms with Crippen molar-refractivity contribution in [3.05, 3.63) is 65.7 Å². The molecule has 1 saturated heterocycles. The Morgan fingerprint density at radius 3 is 2.46 bits per heavy atom. The molecule has 1 atom stereocenters. The van der Waals surface area contributed by atoms with Crippen LogP contribution in [0.2, 0.25) is 0 Å². The van der Waals surface area contributed by atoms with Crippen molar-refractivity contribution in [1.82, 2.24) is 10.2 Å². The van der Waals surface area contributed by atoms with E-state index in [9.17, 15) is 19.2 Å². The largest absolute Gasteiger partial charge is 0.449 e. The molecule has 0 aliphatic carbocycles. The predicted molar refractivity (Wildman–Crippen MR) is 100 cm³/mol. The number of rotatable bonds is 6. The van der Waals surface area contributed by atoms with Gasteiger partial charge in [0, 0.05) is 5.69 Å². The first-order chi connectivity index (χ1) is 13.5. The highest BCUT2D eigenvalue weighted by molar-refractivity contribution is 6.02. The van der Waals surface area contributed by atoms with Gasteiger partial charge in [-0.2, -0.15) is 0 Å². The van der Waals surface area contributed by atoms with Crippen molar-refractivity contribution in [2.45, 2.75) is 19.6 Å². The number of ether oxygens (including phenoxy) is 1. The molecule has 1 heterocycles. The Morgan fingerprint density at radius 1 is 1.11 bits per heavy atom. The number of esters is 1. The Morgan fingerprint density at radius 2 is 1.79 bits per heavy atom. The summed E-state index contributed by atoms with van der Waals surface area (Å²) in [5, 5.41) is 5.09. The minimum atomic E-state index is -1.03. The van der Waals surface area contributed by atoms with Crippen LogP contribution in [0.5, 0.6) is 0 Å². The first-order valence-electron chi connectivity index (χ1n) is 8.68. The molecule has 0 radical (unpaired) electrons. The van der Waals surface area contributed by atoms with Crippen LogP contribution in [0.1, 0.15) is 22.8 Å². The van der Waals surface area contributed by atoms with Gasteiger partial charge >= 0.3 is 12.0 Å². The number of hydrogen-bond acceptors (Lipinski definition) is 5. The quantitative estimate of drug-likeness (QED) is 0.588. The smallest absolute Gasteiger partial charge is 0.339 e. The second-order valence-corrected chi connectivity index (χ2v) is 6.20. The van der Waals surface area contributed by atoms with Crippen LogP contribution in [0.4, 0.5) is 10.5 Å². The molecule has 0 bridgehead atoms. The third-order valence-electron chi connectivity index (χ3n) is 4.20. The zero-order valence-electron chi connectivity index (χ0n) is 15.2. The normalized spacial score (nSPS) is 14.4. The topological polar surface area (TPSA) is 105 Å². The molecule has 0 spiro atoms. The van der Waals surface area contributed by atoms with Crippen molar-refractivity contribution >= 4 is 29.5 Å². The number of benzene rings is 2. The van der Waals surface area contributed by atoms with E-state index in [2.05, 4.69) is 10.6 Å². The molecule has 2 aromatic rings. The van der Waals surface area contributed by atoms with Gasteiger partial charge in [0.2, 0.25) is 5.91 Å². The van der Waals surface area contributed by atoms with E-state index in [1.807, 2.05) is 6.07 Å². The molecule has 8 heteroatoms. The van der Waals surface area contributed by atoms with Gasteiger partial charge in [-0.25, -0.2) is 9.59 Å². The van der Waals surface area contributed by atoms with Crippen molar-refractivity contribution in [2.75, 3.05) is 11.9 Å². The number of hydrogen-bond donors (Lipinski definition) is 2. The van der Waals surface area contributed by atoms with Gasteiger partial charge in [0.15, 0.2) is 6.10 Å². The molecule has 2 N–H and O–H groups in total. The van der Waals surface area contributed by atoms with E-state index in [4.69, 9.17) is 4.74 Å². The van der Waals surface area contributed by atoms with Gasteiger partial charge in [0.05, 0.1) is 18.7 Å². The Labute approximate surface area is 161 Å². The van der Waals surface area contributed by atoms with E-state index in [0.29, 0.717) is 11.3 Å². The molecule has 1 aliphatic rings. The first kappa shape index (κ1) is 19.1. The van der Waals surface area contributed by atoms with Crippen LogP contribution in [0, 0.1) is 0 Å². The molecule has 144 valence electrons. The van der Waals surface area contributed by atoms with Crippen molar-refractivity contribution in [2.24, 2.45) is 0 Å². The molecule has 8 nitrogen and oxygen atoms in total. The standard InChI is InChI=1S/C20H19N3O5/c1-13(18(25)22-15-8-3-2-4-9-15)28-19(26)16-10-6-5-7-14(16)12-23-17(24)11-21-20(23)27/h2-10,13H,11-12H2,1H3,(H,21,27)(H,22,25)/t13-/m1/s1. The third kappa shape index (κ3) is 4.35. The number of carbonyl (C=O) groups excluding carboxylic acids is 4. The summed E-state index contributed by atoms with van der Waals surface area (Å²) in [5.74, 6) is -1.55. The summed E-state index contributed by atoms with van der Waals surface area (Å²) in [6.07, 6.45) is -1.03. The summed E-state index contributed by atoms with van der Waals surface area (Å²) in [6, 6.07) is 14.8. The monoisotopic (exact) mass is 381 g/mol. The summed E-state index contributed by atoms with van der Waals surface area (Å²) < 4.78 is 5.27. The van der Waals surface area contributed by atoms with Crippen molar-refractivity contribution in [1.29, 1.82) is 0 Å². The summed E-state index contributed by atoms with van der Waals surface area (Å²) in [6.45, 7) is 1.35. The average molecular weight is 381 g/mol. The number of amides is 4. The molecule has 3 rings (SSSR count). The lowest BCUT2D eigenvalue weighted by molar-refractivity contribution is -0.125. The van der Waals surface area contributed by atoms with Gasteiger partial charge in [-0.3, -0.25) is 14.5 Å². The van der Waals surface area contributed by atoms with Crippen molar-refractivity contribution in [3.8, 4) is 0 Å². The highest BCUT2D eigenvalue weighted by atomic mass is 16.5. The molecule has 1 aliphatic heterocycles. The van der Waals surface area contributed by atoms with Crippen LogP contribution in [0.3, 0.4) is 0 Å². The number of nitrogens with zero attached hydrogens (tertiary/aromatic N) is 1. The van der Waals surface area contributed by atoms with Gasteiger partial charge < -0.3 is 15.4 Å². The predicted octanol–water partition coefficient (Wildman–Crippen LogP) is 1.92. The lowest BCUT2D eigenvalue weighted by atomic mass is 10.1. The number of urea groups is 1. The number of para-hydroxylation sites is 1. The maximum Gasteiger partial charge on any atom is 0.339 e. The second kappa shape index (κ2) is 8.34. The number of carbonyl (C=O) groups is 4. The molecule has 2 aromatic carbocycles. The number of anilines is 1. The fourth-order valence-electron chi connectivity index (χ4n) is 2.69. The van der Waals surface area contributed by atoms with Gasteiger partial charge in [0.25, 0.3) is 5.91 Å². The van der Waals surface area contributed by atoms with E-state index in [1.54, 1.807) is 42.5 Å². The number of nitrogens with one attached hydrogen (secondary N) is 2. The highest BCUT2D eigenvalue weighted by Gasteiger charge is 2.30. The molecule has 0 aromatic heterocycles. The van der Waals surface area contributed by atoms with Crippen LogP contribution in [-0.2, 0) is 20.9 Å². The van der Waals surface area contributed by atoms with E-state index < -0.39 is 24.0 Å². The van der Waals surface area contributed by atoms with Crippen molar-refractivity contribution in [3.63, 3.8) is 0 Å². The van der Waals surface area contributed by atoms with Gasteiger partial charge in [-0.15, -0.1) is 0 Å². The number of imide groups is 1. The van der Waals surface area contributed by atoms with Crippen LogP contribution < -0.4 is 10.6 Å². The fourth-order valence-corrected chi connectivity index (χ4v) is 2.69. The Balaban J connectivity index is 1.68. The SMILES string of the molecule is C[C@@H](OC(=O)c1ccccc1CN1C(=O)CNC1=O)C(=O)Nc1ccccc1. The zero-order valence-corrected chi connectivity index (χ0v) is 15.2. The Bertz CT molecular complexity index is 897. The lowest BCUT2D eigenvalue weighted by Gasteiger charge is -2.17. The summed E-state index contributed by atoms with van der Waals surface area (Å²) in [7, 11) is 0. The minimum Gasteiger partial charge on any atom is -0.449 e. The highest BCUT2D eigenvalue weighted by Crippen LogP contribution is 2.16.